The molecule has 0 spiro atoms. The van der Waals surface area contributed by atoms with Gasteiger partial charge in [0.25, 0.3) is 0 Å². The van der Waals surface area contributed by atoms with Crippen LogP contribution < -0.4 is 10.1 Å². The van der Waals surface area contributed by atoms with Crippen molar-refractivity contribution in [2.24, 2.45) is 0 Å². The Morgan fingerprint density at radius 1 is 1.13 bits per heavy atom. The van der Waals surface area contributed by atoms with Crippen LogP contribution in [-0.2, 0) is 22.6 Å². The molecule has 0 atom stereocenters. The molecule has 0 radical (unpaired) electrons. The molecule has 3 rings (SSSR count). The van der Waals surface area contributed by atoms with E-state index < -0.39 is 21.6 Å². The first kappa shape index (κ1) is 22.1. The van der Waals surface area contributed by atoms with Gasteiger partial charge in [0, 0.05) is 30.2 Å². The van der Waals surface area contributed by atoms with Crippen LogP contribution in [0, 0.1) is 11.3 Å². The first-order chi connectivity index (χ1) is 14.6. The van der Waals surface area contributed by atoms with Gasteiger partial charge in [-0.15, -0.1) is 0 Å². The number of nitriles is 1. The van der Waals surface area contributed by atoms with Gasteiger partial charge in [-0.2, -0.15) is 18.4 Å². The molecule has 0 bridgehead atoms. The van der Waals surface area contributed by atoms with Crippen molar-refractivity contribution >= 4 is 15.5 Å². The maximum absolute atomic E-state index is 13.3. The zero-order valence-electron chi connectivity index (χ0n) is 16.1. The van der Waals surface area contributed by atoms with Crippen molar-refractivity contribution in [2.45, 2.75) is 17.6 Å². The summed E-state index contributed by atoms with van der Waals surface area (Å²) in [6, 6.07) is 13.9. The number of pyridine rings is 1. The van der Waals surface area contributed by atoms with E-state index in [9.17, 15) is 21.6 Å². The molecule has 160 valence electrons. The molecule has 1 N–H and O–H groups in total. The number of halogens is 3. The van der Waals surface area contributed by atoms with Crippen LogP contribution in [0.4, 0.5) is 18.9 Å². The average molecular weight is 447 g/mol. The van der Waals surface area contributed by atoms with Gasteiger partial charge >= 0.3 is 6.18 Å². The van der Waals surface area contributed by atoms with Gasteiger partial charge < -0.3 is 10.1 Å². The fourth-order valence-corrected chi connectivity index (χ4v) is 3.38. The van der Waals surface area contributed by atoms with Gasteiger partial charge in [0.1, 0.15) is 5.75 Å². The van der Waals surface area contributed by atoms with Gasteiger partial charge in [-0.05, 0) is 42.5 Å². The fraction of sp³-hybridized carbons (Fsp3) is 0.143. The van der Waals surface area contributed by atoms with Gasteiger partial charge in [0.2, 0.25) is 5.88 Å². The number of nitrogens with zero attached hydrogens (tertiary/aromatic N) is 2. The molecule has 0 fully saturated rings. The second-order valence-corrected chi connectivity index (χ2v) is 8.56. The van der Waals surface area contributed by atoms with Crippen LogP contribution in [0.2, 0.25) is 0 Å². The van der Waals surface area contributed by atoms with Gasteiger partial charge in [0.15, 0.2) is 9.84 Å². The van der Waals surface area contributed by atoms with E-state index in [1.165, 1.54) is 24.4 Å². The lowest BCUT2D eigenvalue weighted by atomic mass is 10.1. The Balaban J connectivity index is 1.87. The summed E-state index contributed by atoms with van der Waals surface area (Å²) in [4.78, 5) is 4.16. The lowest BCUT2D eigenvalue weighted by Gasteiger charge is -2.16. The number of aromatic nitrogens is 1. The minimum Gasteiger partial charge on any atom is -0.439 e. The predicted octanol–water partition coefficient (Wildman–Crippen LogP) is 4.78. The zero-order valence-corrected chi connectivity index (χ0v) is 17.0. The minimum atomic E-state index is -4.60. The first-order valence-corrected chi connectivity index (χ1v) is 10.7. The summed E-state index contributed by atoms with van der Waals surface area (Å²) >= 11 is 0. The van der Waals surface area contributed by atoms with E-state index in [0.717, 1.165) is 24.5 Å². The molecule has 0 aliphatic carbocycles. The number of hydrogen-bond acceptors (Lipinski definition) is 6. The third kappa shape index (κ3) is 5.52. The molecule has 2 aromatic carbocycles. The smallest absolute Gasteiger partial charge is 0.418 e. The van der Waals surface area contributed by atoms with E-state index in [1.54, 1.807) is 18.2 Å². The maximum Gasteiger partial charge on any atom is 0.418 e. The first-order valence-electron chi connectivity index (χ1n) is 8.85. The topological polar surface area (TPSA) is 92.1 Å². The molecule has 0 amide bonds. The third-order valence-corrected chi connectivity index (χ3v) is 5.33. The number of alkyl halides is 3. The van der Waals surface area contributed by atoms with E-state index in [0.29, 0.717) is 5.56 Å². The van der Waals surface area contributed by atoms with E-state index in [1.807, 2.05) is 6.07 Å². The quantitative estimate of drug-likeness (QED) is 0.585. The number of hydrogen-bond donors (Lipinski definition) is 1. The van der Waals surface area contributed by atoms with Crippen molar-refractivity contribution in [3.05, 3.63) is 77.5 Å². The Kier molecular flexibility index (Phi) is 6.17. The number of rotatable bonds is 6. The lowest BCUT2D eigenvalue weighted by Crippen LogP contribution is -2.11. The SMILES string of the molecule is CS(=O)(=O)c1cccc(Oc2ncccc2CNc2cc(C#N)ccc2C(F)(F)F)c1. The molecule has 0 saturated carbocycles. The number of nitrogens with one attached hydrogen (secondary N) is 1. The Labute approximate surface area is 176 Å². The van der Waals surface area contributed by atoms with Crippen molar-refractivity contribution in [1.29, 1.82) is 5.26 Å². The van der Waals surface area contributed by atoms with Crippen LogP contribution in [0.15, 0.2) is 65.7 Å². The Hall–Kier alpha value is -3.58. The highest BCUT2D eigenvalue weighted by Crippen LogP contribution is 2.36. The number of sulfone groups is 1. The second-order valence-electron chi connectivity index (χ2n) is 6.54. The summed E-state index contributed by atoms with van der Waals surface area (Å²) in [6.45, 7) is -0.0765. The second kappa shape index (κ2) is 8.65. The fourth-order valence-electron chi connectivity index (χ4n) is 2.73. The number of ether oxygens (including phenoxy) is 1. The van der Waals surface area contributed by atoms with Gasteiger partial charge in [0.05, 0.1) is 22.1 Å². The van der Waals surface area contributed by atoms with Crippen molar-refractivity contribution < 1.29 is 26.3 Å². The van der Waals surface area contributed by atoms with E-state index in [-0.39, 0.29) is 34.3 Å². The van der Waals surface area contributed by atoms with E-state index in [2.05, 4.69) is 10.3 Å². The molecule has 1 heterocycles. The summed E-state index contributed by atoms with van der Waals surface area (Å²) in [7, 11) is -3.45. The van der Waals surface area contributed by atoms with Gasteiger partial charge in [-0.25, -0.2) is 13.4 Å². The minimum absolute atomic E-state index is 0.0590. The summed E-state index contributed by atoms with van der Waals surface area (Å²) in [5.74, 6) is 0.316. The standard InChI is InChI=1S/C21H16F3N3O3S/c1-31(28,29)17-6-2-5-16(11-17)30-20-15(4-3-9-26-20)13-27-19-10-14(12-25)7-8-18(19)21(22,23)24/h2-11,27H,13H2,1H3. The van der Waals surface area contributed by atoms with Crippen LogP contribution in [0.5, 0.6) is 11.6 Å². The normalized spacial score (nSPS) is 11.6. The van der Waals surface area contributed by atoms with Crippen LogP contribution in [0.25, 0.3) is 0 Å². The van der Waals surface area contributed by atoms with Gasteiger partial charge in [-0.3, -0.25) is 0 Å². The van der Waals surface area contributed by atoms with Crippen molar-refractivity contribution in [3.63, 3.8) is 0 Å². The predicted molar refractivity (Wildman–Crippen MR) is 107 cm³/mol. The van der Waals surface area contributed by atoms with Gasteiger partial charge in [-0.1, -0.05) is 12.1 Å². The zero-order chi connectivity index (χ0) is 22.6. The molecule has 6 nitrogen and oxygen atoms in total. The highest BCUT2D eigenvalue weighted by atomic mass is 32.2. The Morgan fingerprint density at radius 2 is 1.90 bits per heavy atom. The molecule has 1 aromatic heterocycles. The third-order valence-electron chi connectivity index (χ3n) is 4.22. The Morgan fingerprint density at radius 3 is 2.58 bits per heavy atom. The molecule has 3 aromatic rings. The average Bonchev–Trinajstić information content (AvgIpc) is 2.72. The molecule has 0 aliphatic heterocycles. The monoisotopic (exact) mass is 447 g/mol. The van der Waals surface area contributed by atoms with Crippen LogP contribution in [-0.4, -0.2) is 19.7 Å². The van der Waals surface area contributed by atoms with Crippen LogP contribution >= 0.6 is 0 Å². The van der Waals surface area contributed by atoms with Crippen LogP contribution in [0.3, 0.4) is 0 Å². The summed E-state index contributed by atoms with van der Waals surface area (Å²) < 4.78 is 69.1. The molecular weight excluding hydrogens is 431 g/mol. The van der Waals surface area contributed by atoms with Crippen molar-refractivity contribution in [3.8, 4) is 17.7 Å². The molecule has 10 heteroatoms. The molecular formula is C21H16F3N3O3S. The lowest BCUT2D eigenvalue weighted by molar-refractivity contribution is -0.137. The number of anilines is 1. The maximum atomic E-state index is 13.3. The highest BCUT2D eigenvalue weighted by molar-refractivity contribution is 7.90. The van der Waals surface area contributed by atoms with Crippen LogP contribution in [0.1, 0.15) is 16.7 Å². The largest absolute Gasteiger partial charge is 0.439 e. The molecule has 0 saturated heterocycles. The summed E-state index contributed by atoms with van der Waals surface area (Å²) in [5, 5.41) is 11.7. The van der Waals surface area contributed by atoms with E-state index in [4.69, 9.17) is 10.00 Å². The molecule has 31 heavy (non-hydrogen) atoms. The van der Waals surface area contributed by atoms with Crippen molar-refractivity contribution in [2.75, 3.05) is 11.6 Å². The number of benzene rings is 2. The van der Waals surface area contributed by atoms with E-state index >= 15 is 0 Å². The summed E-state index contributed by atoms with van der Waals surface area (Å²) in [5.41, 5.74) is -0.641. The van der Waals surface area contributed by atoms with Crippen molar-refractivity contribution in [1.82, 2.24) is 4.98 Å². The molecule has 0 unspecified atom stereocenters. The molecule has 0 aliphatic rings. The summed E-state index contributed by atoms with van der Waals surface area (Å²) in [6.07, 6.45) is -2.09. The Bertz CT molecular complexity index is 1250. The highest BCUT2D eigenvalue weighted by Gasteiger charge is 2.33.